The summed E-state index contributed by atoms with van der Waals surface area (Å²) in [5.41, 5.74) is 2.33. The lowest BCUT2D eigenvalue weighted by Crippen LogP contribution is -2.24. The van der Waals surface area contributed by atoms with Crippen LogP contribution in [0, 0.1) is 0 Å². The molecule has 2 N–H and O–H groups in total. The van der Waals surface area contributed by atoms with Crippen molar-refractivity contribution in [3.63, 3.8) is 0 Å². The maximum atomic E-state index is 12.3. The molecule has 1 aliphatic rings. The number of hydrogen-bond acceptors (Lipinski definition) is 4. The van der Waals surface area contributed by atoms with Crippen LogP contribution in [-0.4, -0.2) is 37.9 Å². The molecule has 3 amide bonds. The van der Waals surface area contributed by atoms with Gasteiger partial charge in [0.1, 0.15) is 5.75 Å². The van der Waals surface area contributed by atoms with Gasteiger partial charge in [-0.3, -0.25) is 14.4 Å². The van der Waals surface area contributed by atoms with E-state index in [4.69, 9.17) is 4.74 Å². The van der Waals surface area contributed by atoms with Crippen LogP contribution in [-0.2, 0) is 20.8 Å². The third kappa shape index (κ3) is 5.09. The van der Waals surface area contributed by atoms with Crippen molar-refractivity contribution in [1.82, 2.24) is 5.32 Å². The number of hydrogen-bond donors (Lipinski definition) is 2. The van der Waals surface area contributed by atoms with Crippen molar-refractivity contribution < 1.29 is 19.1 Å². The summed E-state index contributed by atoms with van der Waals surface area (Å²) in [7, 11) is 1.54. The lowest BCUT2D eigenvalue weighted by atomic mass is 10.1. The molecule has 2 aromatic carbocycles. The highest BCUT2D eigenvalue weighted by atomic mass is 16.5. The minimum absolute atomic E-state index is 0.0836. The number of ether oxygens (including phenoxy) is 1. The molecule has 7 nitrogen and oxygen atoms in total. The van der Waals surface area contributed by atoms with Crippen LogP contribution in [0.2, 0.25) is 0 Å². The van der Waals surface area contributed by atoms with Crippen molar-refractivity contribution >= 4 is 29.1 Å². The quantitative estimate of drug-likeness (QED) is 0.769. The standard InChI is InChI=1S/C21H23N3O4/c1-22-20(26)14-28-18-5-2-4-16(13-18)23-19(25)12-15-7-9-17(10-8-15)24-11-3-6-21(24)27/h2,4-5,7-10,13H,3,6,11-12,14H2,1H3,(H,22,26)(H,23,25). The molecular formula is C21H23N3O4. The van der Waals surface area contributed by atoms with Gasteiger partial charge in [-0.1, -0.05) is 18.2 Å². The smallest absolute Gasteiger partial charge is 0.257 e. The van der Waals surface area contributed by atoms with Crippen LogP contribution in [0.1, 0.15) is 18.4 Å². The Morgan fingerprint density at radius 1 is 1.11 bits per heavy atom. The van der Waals surface area contributed by atoms with Crippen LogP contribution >= 0.6 is 0 Å². The molecule has 0 bridgehead atoms. The van der Waals surface area contributed by atoms with Crippen molar-refractivity contribution in [3.8, 4) is 5.75 Å². The zero-order chi connectivity index (χ0) is 19.9. The molecule has 1 fully saturated rings. The molecule has 146 valence electrons. The van der Waals surface area contributed by atoms with Gasteiger partial charge in [-0.2, -0.15) is 0 Å². The number of nitrogens with zero attached hydrogens (tertiary/aromatic N) is 1. The first kappa shape index (κ1) is 19.4. The minimum Gasteiger partial charge on any atom is -0.484 e. The third-order valence-corrected chi connectivity index (χ3v) is 4.45. The first-order valence-electron chi connectivity index (χ1n) is 9.18. The Balaban J connectivity index is 1.55. The summed E-state index contributed by atoms with van der Waals surface area (Å²) < 4.78 is 5.37. The highest BCUT2D eigenvalue weighted by Gasteiger charge is 2.21. The fraction of sp³-hybridized carbons (Fsp3) is 0.286. The zero-order valence-corrected chi connectivity index (χ0v) is 15.7. The second-order valence-electron chi connectivity index (χ2n) is 6.53. The zero-order valence-electron chi connectivity index (χ0n) is 15.7. The molecule has 7 heteroatoms. The Hall–Kier alpha value is -3.35. The lowest BCUT2D eigenvalue weighted by Gasteiger charge is -2.16. The molecule has 2 aromatic rings. The first-order chi connectivity index (χ1) is 13.5. The van der Waals surface area contributed by atoms with Gasteiger partial charge in [-0.05, 0) is 36.2 Å². The van der Waals surface area contributed by atoms with Crippen LogP contribution in [0.5, 0.6) is 5.75 Å². The number of amides is 3. The molecule has 0 aromatic heterocycles. The van der Waals surface area contributed by atoms with Gasteiger partial charge < -0.3 is 20.3 Å². The minimum atomic E-state index is -0.228. The van der Waals surface area contributed by atoms with Crippen molar-refractivity contribution in [1.29, 1.82) is 0 Å². The summed E-state index contributed by atoms with van der Waals surface area (Å²) in [6.07, 6.45) is 1.70. The number of carbonyl (C=O) groups excluding carboxylic acids is 3. The average Bonchev–Trinajstić information content (AvgIpc) is 3.13. The van der Waals surface area contributed by atoms with Crippen molar-refractivity contribution in [3.05, 3.63) is 54.1 Å². The monoisotopic (exact) mass is 381 g/mol. The maximum absolute atomic E-state index is 12.3. The second-order valence-corrected chi connectivity index (χ2v) is 6.53. The van der Waals surface area contributed by atoms with Gasteiger partial charge >= 0.3 is 0 Å². The normalized spacial score (nSPS) is 13.3. The SMILES string of the molecule is CNC(=O)COc1cccc(NC(=O)Cc2ccc(N3CCCC3=O)cc2)c1. The maximum Gasteiger partial charge on any atom is 0.257 e. The van der Waals surface area contributed by atoms with Crippen LogP contribution in [0.3, 0.4) is 0 Å². The molecule has 3 rings (SSSR count). The van der Waals surface area contributed by atoms with E-state index in [2.05, 4.69) is 10.6 Å². The number of anilines is 2. The van der Waals surface area contributed by atoms with Crippen LogP contribution in [0.25, 0.3) is 0 Å². The molecule has 0 unspecified atom stereocenters. The molecule has 28 heavy (non-hydrogen) atoms. The average molecular weight is 381 g/mol. The highest BCUT2D eigenvalue weighted by Crippen LogP contribution is 2.22. The molecule has 1 aliphatic heterocycles. The molecule has 0 spiro atoms. The predicted molar refractivity (Wildman–Crippen MR) is 106 cm³/mol. The van der Waals surface area contributed by atoms with Gasteiger partial charge in [-0.15, -0.1) is 0 Å². The van der Waals surface area contributed by atoms with E-state index >= 15 is 0 Å². The molecule has 0 atom stereocenters. The fourth-order valence-corrected chi connectivity index (χ4v) is 2.99. The van der Waals surface area contributed by atoms with E-state index in [1.165, 1.54) is 7.05 Å². The van der Waals surface area contributed by atoms with E-state index in [1.54, 1.807) is 29.2 Å². The molecule has 0 aliphatic carbocycles. The first-order valence-corrected chi connectivity index (χ1v) is 9.18. The van der Waals surface area contributed by atoms with E-state index < -0.39 is 0 Å². The van der Waals surface area contributed by atoms with Gasteiger partial charge in [0.05, 0.1) is 6.42 Å². The van der Waals surface area contributed by atoms with Crippen LogP contribution in [0.15, 0.2) is 48.5 Å². The lowest BCUT2D eigenvalue weighted by molar-refractivity contribution is -0.122. The Kier molecular flexibility index (Phi) is 6.26. The van der Waals surface area contributed by atoms with Crippen molar-refractivity contribution in [2.24, 2.45) is 0 Å². The van der Waals surface area contributed by atoms with Crippen molar-refractivity contribution in [2.45, 2.75) is 19.3 Å². The summed E-state index contributed by atoms with van der Waals surface area (Å²) >= 11 is 0. The summed E-state index contributed by atoms with van der Waals surface area (Å²) in [4.78, 5) is 37.1. The Labute approximate surface area is 163 Å². The van der Waals surface area contributed by atoms with E-state index in [0.29, 0.717) is 17.9 Å². The molecule has 0 radical (unpaired) electrons. The van der Waals surface area contributed by atoms with Gasteiger partial charge in [0.2, 0.25) is 11.8 Å². The molecule has 1 heterocycles. The fourth-order valence-electron chi connectivity index (χ4n) is 2.99. The highest BCUT2D eigenvalue weighted by molar-refractivity contribution is 5.95. The number of likely N-dealkylation sites (N-methyl/N-ethyl adjacent to an activating group) is 1. The largest absolute Gasteiger partial charge is 0.484 e. The summed E-state index contributed by atoms with van der Waals surface area (Å²) in [6, 6.07) is 14.4. The van der Waals surface area contributed by atoms with Gasteiger partial charge in [0, 0.05) is 37.5 Å². The molecule has 1 saturated heterocycles. The van der Waals surface area contributed by atoms with E-state index in [0.717, 1.165) is 24.2 Å². The second kappa shape index (κ2) is 9.03. The summed E-state index contributed by atoms with van der Waals surface area (Å²) in [6.45, 7) is 0.663. The molecule has 0 saturated carbocycles. The Morgan fingerprint density at radius 3 is 2.57 bits per heavy atom. The summed E-state index contributed by atoms with van der Waals surface area (Å²) in [5.74, 6) is 0.256. The number of rotatable bonds is 7. The van der Waals surface area contributed by atoms with E-state index in [9.17, 15) is 14.4 Å². The van der Waals surface area contributed by atoms with Gasteiger partial charge in [0.25, 0.3) is 5.91 Å². The van der Waals surface area contributed by atoms with Gasteiger partial charge in [0.15, 0.2) is 6.61 Å². The molecular weight excluding hydrogens is 358 g/mol. The van der Waals surface area contributed by atoms with Crippen LogP contribution in [0.4, 0.5) is 11.4 Å². The third-order valence-electron chi connectivity index (χ3n) is 4.45. The number of carbonyl (C=O) groups is 3. The van der Waals surface area contributed by atoms with E-state index in [-0.39, 0.29) is 30.7 Å². The number of nitrogens with one attached hydrogen (secondary N) is 2. The van der Waals surface area contributed by atoms with Crippen molar-refractivity contribution in [2.75, 3.05) is 30.4 Å². The van der Waals surface area contributed by atoms with Crippen LogP contribution < -0.4 is 20.3 Å². The van der Waals surface area contributed by atoms with E-state index in [1.807, 2.05) is 24.3 Å². The number of benzene rings is 2. The topological polar surface area (TPSA) is 87.7 Å². The Morgan fingerprint density at radius 2 is 1.89 bits per heavy atom. The Bertz CT molecular complexity index is 864. The van der Waals surface area contributed by atoms with Gasteiger partial charge in [-0.25, -0.2) is 0 Å². The summed E-state index contributed by atoms with van der Waals surface area (Å²) in [5, 5.41) is 5.30. The predicted octanol–water partition coefficient (Wildman–Crippen LogP) is 2.12.